The highest BCUT2D eigenvalue weighted by Gasteiger charge is 2.48. The lowest BCUT2D eigenvalue weighted by molar-refractivity contribution is -0.148. The van der Waals surface area contributed by atoms with Crippen molar-refractivity contribution < 1.29 is 14.1 Å². The van der Waals surface area contributed by atoms with Crippen molar-refractivity contribution in [1.82, 2.24) is 5.16 Å². The van der Waals surface area contributed by atoms with Crippen molar-refractivity contribution in [3.05, 3.63) is 59.8 Å². The second kappa shape index (κ2) is 5.87. The SMILES string of the molecule is O=C1OC2(CCCCC2)C2=C1C=CN(c1cc(-c3ccccc3)on1)C2. The van der Waals surface area contributed by atoms with Gasteiger partial charge in [0.05, 0.1) is 12.1 Å². The van der Waals surface area contributed by atoms with Gasteiger partial charge in [0.25, 0.3) is 0 Å². The fourth-order valence-corrected chi connectivity index (χ4v) is 4.27. The summed E-state index contributed by atoms with van der Waals surface area (Å²) in [5.41, 5.74) is 2.43. The molecule has 0 atom stereocenters. The number of aromatic nitrogens is 1. The molecular formula is C21H20N2O3. The van der Waals surface area contributed by atoms with Crippen molar-refractivity contribution in [3.8, 4) is 11.3 Å². The molecule has 0 N–H and O–H groups in total. The smallest absolute Gasteiger partial charge is 0.339 e. The van der Waals surface area contributed by atoms with Crippen LogP contribution in [0.15, 0.2) is 64.3 Å². The van der Waals surface area contributed by atoms with Crippen LogP contribution in [0.25, 0.3) is 11.3 Å². The summed E-state index contributed by atoms with van der Waals surface area (Å²) in [5, 5.41) is 4.23. The molecule has 1 aliphatic carbocycles. The van der Waals surface area contributed by atoms with Crippen LogP contribution in [0.3, 0.4) is 0 Å². The molecule has 2 aromatic rings. The molecule has 1 saturated carbocycles. The third-order valence-corrected chi connectivity index (χ3v) is 5.64. The van der Waals surface area contributed by atoms with Crippen LogP contribution in [-0.4, -0.2) is 23.3 Å². The molecule has 0 amide bonds. The highest BCUT2D eigenvalue weighted by Crippen LogP contribution is 2.46. The van der Waals surface area contributed by atoms with Crippen molar-refractivity contribution in [2.24, 2.45) is 0 Å². The van der Waals surface area contributed by atoms with E-state index >= 15 is 0 Å². The molecule has 5 heteroatoms. The number of carbonyl (C=O) groups excluding carboxylic acids is 1. The van der Waals surface area contributed by atoms with E-state index in [1.165, 1.54) is 6.42 Å². The first kappa shape index (κ1) is 15.4. The third-order valence-electron chi connectivity index (χ3n) is 5.64. The summed E-state index contributed by atoms with van der Waals surface area (Å²) in [6.45, 7) is 0.623. The van der Waals surface area contributed by atoms with E-state index in [9.17, 15) is 4.79 Å². The fraction of sp³-hybridized carbons (Fsp3) is 0.333. The van der Waals surface area contributed by atoms with Gasteiger partial charge in [0.2, 0.25) is 0 Å². The average Bonchev–Trinajstić information content (AvgIpc) is 3.28. The number of esters is 1. The Bertz CT molecular complexity index is 904. The number of carbonyl (C=O) groups is 1. The van der Waals surface area contributed by atoms with Gasteiger partial charge < -0.3 is 14.2 Å². The van der Waals surface area contributed by atoms with Gasteiger partial charge in [0.15, 0.2) is 11.6 Å². The number of anilines is 1. The monoisotopic (exact) mass is 348 g/mol. The number of nitrogens with zero attached hydrogens (tertiary/aromatic N) is 2. The van der Waals surface area contributed by atoms with E-state index < -0.39 is 5.60 Å². The van der Waals surface area contributed by atoms with E-state index in [-0.39, 0.29) is 5.97 Å². The summed E-state index contributed by atoms with van der Waals surface area (Å²) < 4.78 is 11.4. The van der Waals surface area contributed by atoms with Crippen LogP contribution in [-0.2, 0) is 9.53 Å². The third kappa shape index (κ3) is 2.38. The van der Waals surface area contributed by atoms with Gasteiger partial charge in [-0.2, -0.15) is 0 Å². The predicted molar refractivity (Wildman–Crippen MR) is 97.4 cm³/mol. The van der Waals surface area contributed by atoms with Gasteiger partial charge in [0.1, 0.15) is 5.60 Å². The number of fused-ring (bicyclic) bond motifs is 1. The Morgan fingerprint density at radius 3 is 2.69 bits per heavy atom. The molecule has 5 rings (SSSR count). The number of benzene rings is 1. The van der Waals surface area contributed by atoms with Gasteiger partial charge in [-0.25, -0.2) is 4.79 Å². The van der Waals surface area contributed by atoms with Crippen molar-refractivity contribution in [1.29, 1.82) is 0 Å². The van der Waals surface area contributed by atoms with Gasteiger partial charge in [-0.1, -0.05) is 41.9 Å². The molecule has 1 fully saturated rings. The Kier molecular flexibility index (Phi) is 3.48. The minimum absolute atomic E-state index is 0.178. The Labute approximate surface area is 151 Å². The highest BCUT2D eigenvalue weighted by atomic mass is 16.6. The zero-order valence-electron chi connectivity index (χ0n) is 14.5. The molecule has 0 bridgehead atoms. The zero-order chi connectivity index (χ0) is 17.6. The molecule has 0 saturated heterocycles. The van der Waals surface area contributed by atoms with Crippen LogP contribution in [0, 0.1) is 0 Å². The lowest BCUT2D eigenvalue weighted by atomic mass is 9.78. The Morgan fingerprint density at radius 2 is 1.88 bits per heavy atom. The van der Waals surface area contributed by atoms with Gasteiger partial charge in [-0.3, -0.25) is 0 Å². The zero-order valence-corrected chi connectivity index (χ0v) is 14.5. The van der Waals surface area contributed by atoms with Gasteiger partial charge in [-0.05, 0) is 31.8 Å². The quantitative estimate of drug-likeness (QED) is 0.760. The van der Waals surface area contributed by atoms with E-state index in [1.54, 1.807) is 0 Å². The number of hydrogen-bond donors (Lipinski definition) is 0. The normalized spacial score (nSPS) is 21.2. The predicted octanol–water partition coefficient (Wildman–Crippen LogP) is 4.23. The Morgan fingerprint density at radius 1 is 1.08 bits per heavy atom. The van der Waals surface area contributed by atoms with Crippen LogP contribution < -0.4 is 4.90 Å². The molecule has 1 spiro atoms. The van der Waals surface area contributed by atoms with Crippen molar-refractivity contribution >= 4 is 11.8 Å². The van der Waals surface area contributed by atoms with E-state index in [0.717, 1.165) is 54.0 Å². The number of ether oxygens (including phenoxy) is 1. The lowest BCUT2D eigenvalue weighted by Crippen LogP contribution is -2.39. The van der Waals surface area contributed by atoms with Crippen molar-refractivity contribution in [2.75, 3.05) is 11.4 Å². The van der Waals surface area contributed by atoms with Crippen LogP contribution in [0.1, 0.15) is 32.1 Å². The summed E-state index contributed by atoms with van der Waals surface area (Å²) in [6, 6.07) is 11.9. The Hall–Kier alpha value is -2.82. The van der Waals surface area contributed by atoms with E-state index in [4.69, 9.17) is 9.26 Å². The largest absolute Gasteiger partial charge is 0.451 e. The summed E-state index contributed by atoms with van der Waals surface area (Å²) in [6.07, 6.45) is 9.04. The van der Waals surface area contributed by atoms with Crippen LogP contribution in [0.4, 0.5) is 5.82 Å². The van der Waals surface area contributed by atoms with Gasteiger partial charge >= 0.3 is 5.97 Å². The first-order chi connectivity index (χ1) is 12.8. The van der Waals surface area contributed by atoms with Crippen molar-refractivity contribution in [2.45, 2.75) is 37.7 Å². The molecular weight excluding hydrogens is 328 g/mol. The fourth-order valence-electron chi connectivity index (χ4n) is 4.27. The van der Waals surface area contributed by atoms with Crippen LogP contribution >= 0.6 is 0 Å². The summed E-state index contributed by atoms with van der Waals surface area (Å²) >= 11 is 0. The molecule has 1 aromatic heterocycles. The molecule has 26 heavy (non-hydrogen) atoms. The van der Waals surface area contributed by atoms with Gasteiger partial charge in [0, 0.05) is 23.4 Å². The molecule has 2 aliphatic heterocycles. The van der Waals surface area contributed by atoms with Gasteiger partial charge in [-0.15, -0.1) is 0 Å². The van der Waals surface area contributed by atoms with E-state index in [1.807, 2.05) is 53.6 Å². The Balaban J connectivity index is 1.44. The first-order valence-corrected chi connectivity index (χ1v) is 9.19. The second-order valence-electron chi connectivity index (χ2n) is 7.20. The second-order valence-corrected chi connectivity index (χ2v) is 7.20. The maximum absolute atomic E-state index is 12.3. The lowest BCUT2D eigenvalue weighted by Gasteiger charge is -2.36. The maximum Gasteiger partial charge on any atom is 0.339 e. The van der Waals surface area contributed by atoms with E-state index in [0.29, 0.717) is 6.54 Å². The molecule has 132 valence electrons. The molecule has 1 aromatic carbocycles. The first-order valence-electron chi connectivity index (χ1n) is 9.19. The van der Waals surface area contributed by atoms with E-state index in [2.05, 4.69) is 5.16 Å². The summed E-state index contributed by atoms with van der Waals surface area (Å²) in [4.78, 5) is 14.4. The molecule has 0 radical (unpaired) electrons. The number of hydrogen-bond acceptors (Lipinski definition) is 5. The highest BCUT2D eigenvalue weighted by molar-refractivity contribution is 5.97. The standard InChI is InChI=1S/C21H20N2O3/c24-20-16-9-12-23(14-17(16)21(25-20)10-5-2-6-11-21)19-13-18(26-22-19)15-7-3-1-4-8-15/h1,3-4,7-9,12-13H,2,5-6,10-11,14H2. The topological polar surface area (TPSA) is 55.6 Å². The van der Waals surface area contributed by atoms with Crippen molar-refractivity contribution in [3.63, 3.8) is 0 Å². The average molecular weight is 348 g/mol. The minimum Gasteiger partial charge on any atom is -0.451 e. The number of rotatable bonds is 2. The maximum atomic E-state index is 12.3. The molecule has 5 nitrogen and oxygen atoms in total. The minimum atomic E-state index is -0.403. The molecule has 3 aliphatic rings. The van der Waals surface area contributed by atoms with Crippen LogP contribution in [0.5, 0.6) is 0 Å². The molecule has 3 heterocycles. The summed E-state index contributed by atoms with van der Waals surface area (Å²) in [7, 11) is 0. The molecule has 0 unspecified atom stereocenters. The van der Waals surface area contributed by atoms with Crippen LogP contribution in [0.2, 0.25) is 0 Å². The summed E-state index contributed by atoms with van der Waals surface area (Å²) in [5.74, 6) is 1.31.